The summed E-state index contributed by atoms with van der Waals surface area (Å²) in [6, 6.07) is 0.127. The van der Waals surface area contributed by atoms with Gasteiger partial charge in [-0.05, 0) is 13.3 Å². The summed E-state index contributed by atoms with van der Waals surface area (Å²) in [5.41, 5.74) is 0. The Morgan fingerprint density at radius 1 is 1.69 bits per heavy atom. The average Bonchev–Trinajstić information content (AvgIpc) is 2.71. The first-order valence-corrected chi connectivity index (χ1v) is 4.41. The summed E-state index contributed by atoms with van der Waals surface area (Å²) in [5.74, 6) is 0. The molecule has 2 heterocycles. The summed E-state index contributed by atoms with van der Waals surface area (Å²) in [5, 5.41) is 13.1. The highest BCUT2D eigenvalue weighted by Gasteiger charge is 2.34. The van der Waals surface area contributed by atoms with Crippen LogP contribution in [0.2, 0.25) is 0 Å². The molecule has 13 heavy (non-hydrogen) atoms. The predicted molar refractivity (Wildman–Crippen MR) is 45.1 cm³/mol. The van der Waals surface area contributed by atoms with Crippen molar-refractivity contribution in [2.24, 2.45) is 0 Å². The minimum Gasteiger partial charge on any atom is -0.394 e. The lowest BCUT2D eigenvalue weighted by Gasteiger charge is -2.15. The van der Waals surface area contributed by atoms with Gasteiger partial charge < -0.3 is 9.84 Å². The second-order valence-corrected chi connectivity index (χ2v) is 3.35. The number of ether oxygens (including phenoxy) is 1. The Morgan fingerprint density at radius 3 is 3.15 bits per heavy atom. The standard InChI is InChI=1S/C8H13N3O2/c1-6-2-7(8(3-12)13-6)11-5-9-4-10-11/h4-8,12H,2-3H2,1H3/t6-,7-,8+/m1/s1. The Labute approximate surface area is 76.3 Å². The molecule has 5 nitrogen and oxygen atoms in total. The molecule has 0 amide bonds. The minimum absolute atomic E-state index is 0.0366. The Hall–Kier alpha value is -0.940. The zero-order valence-corrected chi connectivity index (χ0v) is 7.50. The van der Waals surface area contributed by atoms with E-state index in [-0.39, 0.29) is 24.9 Å². The first-order valence-electron chi connectivity index (χ1n) is 4.41. The molecular formula is C8H13N3O2. The van der Waals surface area contributed by atoms with Gasteiger partial charge in [0.15, 0.2) is 0 Å². The number of hydrogen-bond acceptors (Lipinski definition) is 4. The molecule has 72 valence electrons. The van der Waals surface area contributed by atoms with Gasteiger partial charge in [-0.1, -0.05) is 0 Å². The second kappa shape index (κ2) is 3.43. The average molecular weight is 183 g/mol. The van der Waals surface area contributed by atoms with Crippen LogP contribution >= 0.6 is 0 Å². The molecule has 1 N–H and O–H groups in total. The molecule has 0 radical (unpaired) electrons. The molecule has 5 heteroatoms. The topological polar surface area (TPSA) is 60.2 Å². The van der Waals surface area contributed by atoms with E-state index in [9.17, 15) is 0 Å². The van der Waals surface area contributed by atoms with Gasteiger partial charge >= 0.3 is 0 Å². The van der Waals surface area contributed by atoms with Gasteiger partial charge in [0, 0.05) is 0 Å². The van der Waals surface area contributed by atoms with E-state index in [1.54, 1.807) is 11.0 Å². The molecule has 1 aromatic heterocycles. The van der Waals surface area contributed by atoms with E-state index in [0.717, 1.165) is 6.42 Å². The van der Waals surface area contributed by atoms with Gasteiger partial charge in [0.1, 0.15) is 18.8 Å². The zero-order chi connectivity index (χ0) is 9.26. The van der Waals surface area contributed by atoms with Crippen LogP contribution in [0.15, 0.2) is 12.7 Å². The maximum Gasteiger partial charge on any atom is 0.137 e. The number of nitrogens with zero attached hydrogens (tertiary/aromatic N) is 3. The molecule has 0 bridgehead atoms. The maximum atomic E-state index is 9.07. The van der Waals surface area contributed by atoms with Crippen LogP contribution in [0.1, 0.15) is 19.4 Å². The lowest BCUT2D eigenvalue weighted by molar-refractivity contribution is 0.00701. The summed E-state index contributed by atoms with van der Waals surface area (Å²) in [7, 11) is 0. The molecule has 0 unspecified atom stereocenters. The summed E-state index contributed by atoms with van der Waals surface area (Å²) in [4.78, 5) is 3.88. The zero-order valence-electron chi connectivity index (χ0n) is 7.50. The van der Waals surface area contributed by atoms with E-state index in [2.05, 4.69) is 10.1 Å². The normalized spacial score (nSPS) is 33.8. The molecule has 0 spiro atoms. The highest BCUT2D eigenvalue weighted by molar-refractivity contribution is 4.84. The number of aromatic nitrogens is 3. The SMILES string of the molecule is C[C@@H]1C[C@@H](n2cncn2)[C@H](CO)O1. The predicted octanol–water partition coefficient (Wildman–Crippen LogP) is -0.0111. The Morgan fingerprint density at radius 2 is 2.54 bits per heavy atom. The number of hydrogen-bond donors (Lipinski definition) is 1. The molecule has 1 aliphatic heterocycles. The molecule has 1 saturated heterocycles. The smallest absolute Gasteiger partial charge is 0.137 e. The Balaban J connectivity index is 2.14. The minimum atomic E-state index is -0.142. The van der Waals surface area contributed by atoms with Crippen LogP contribution in [0.3, 0.4) is 0 Å². The summed E-state index contributed by atoms with van der Waals surface area (Å²) in [6.45, 7) is 2.04. The van der Waals surface area contributed by atoms with Crippen molar-refractivity contribution in [1.29, 1.82) is 0 Å². The monoisotopic (exact) mass is 183 g/mol. The van der Waals surface area contributed by atoms with Gasteiger partial charge in [-0.25, -0.2) is 9.67 Å². The summed E-state index contributed by atoms with van der Waals surface area (Å²) >= 11 is 0. The van der Waals surface area contributed by atoms with Crippen LogP contribution in [-0.2, 0) is 4.74 Å². The Kier molecular flexibility index (Phi) is 2.28. The molecule has 1 fully saturated rings. The first-order chi connectivity index (χ1) is 6.31. The number of aliphatic hydroxyl groups excluding tert-OH is 1. The first kappa shape index (κ1) is 8.65. The molecule has 2 rings (SSSR count). The van der Waals surface area contributed by atoms with E-state index in [1.165, 1.54) is 6.33 Å². The second-order valence-electron chi connectivity index (χ2n) is 3.35. The lowest BCUT2D eigenvalue weighted by atomic mass is 10.1. The fraction of sp³-hybridized carbons (Fsp3) is 0.750. The van der Waals surface area contributed by atoms with Crippen LogP contribution in [0.5, 0.6) is 0 Å². The largest absolute Gasteiger partial charge is 0.394 e. The van der Waals surface area contributed by atoms with Crippen LogP contribution in [0.4, 0.5) is 0 Å². The van der Waals surface area contributed by atoms with Crippen LogP contribution in [-0.4, -0.2) is 38.7 Å². The van der Waals surface area contributed by atoms with Gasteiger partial charge in [0.05, 0.1) is 18.8 Å². The molecule has 0 aliphatic carbocycles. The number of aliphatic hydroxyl groups is 1. The van der Waals surface area contributed by atoms with Crippen molar-refractivity contribution in [1.82, 2.24) is 14.8 Å². The van der Waals surface area contributed by atoms with Crippen molar-refractivity contribution in [3.63, 3.8) is 0 Å². The van der Waals surface area contributed by atoms with Crippen LogP contribution in [0, 0.1) is 0 Å². The quantitative estimate of drug-likeness (QED) is 0.700. The third-order valence-electron chi connectivity index (χ3n) is 2.37. The van der Waals surface area contributed by atoms with Gasteiger partial charge in [0.2, 0.25) is 0 Å². The summed E-state index contributed by atoms with van der Waals surface area (Å²) in [6.07, 6.45) is 4.09. The molecule has 1 aromatic rings. The van der Waals surface area contributed by atoms with Crippen molar-refractivity contribution in [3.05, 3.63) is 12.7 Å². The van der Waals surface area contributed by atoms with Gasteiger partial charge in [0.25, 0.3) is 0 Å². The highest BCUT2D eigenvalue weighted by atomic mass is 16.5. The van der Waals surface area contributed by atoms with Crippen LogP contribution in [0.25, 0.3) is 0 Å². The van der Waals surface area contributed by atoms with E-state index < -0.39 is 0 Å². The van der Waals surface area contributed by atoms with Gasteiger partial charge in [-0.2, -0.15) is 5.10 Å². The molecular weight excluding hydrogens is 170 g/mol. The lowest BCUT2D eigenvalue weighted by Crippen LogP contribution is -2.24. The molecule has 3 atom stereocenters. The third kappa shape index (κ3) is 1.57. The highest BCUT2D eigenvalue weighted by Crippen LogP contribution is 2.29. The van der Waals surface area contributed by atoms with Crippen molar-refractivity contribution < 1.29 is 9.84 Å². The fourth-order valence-electron chi connectivity index (χ4n) is 1.77. The molecule has 0 saturated carbocycles. The van der Waals surface area contributed by atoms with Gasteiger partial charge in [-0.15, -0.1) is 0 Å². The van der Waals surface area contributed by atoms with Crippen molar-refractivity contribution in [2.45, 2.75) is 31.6 Å². The van der Waals surface area contributed by atoms with E-state index >= 15 is 0 Å². The third-order valence-corrected chi connectivity index (χ3v) is 2.37. The van der Waals surface area contributed by atoms with Gasteiger partial charge in [-0.3, -0.25) is 0 Å². The molecule has 0 aromatic carbocycles. The number of rotatable bonds is 2. The van der Waals surface area contributed by atoms with Crippen molar-refractivity contribution >= 4 is 0 Å². The Bertz CT molecular complexity index is 262. The van der Waals surface area contributed by atoms with E-state index in [1.807, 2.05) is 6.92 Å². The van der Waals surface area contributed by atoms with E-state index in [4.69, 9.17) is 9.84 Å². The van der Waals surface area contributed by atoms with Crippen molar-refractivity contribution in [2.75, 3.05) is 6.61 Å². The van der Waals surface area contributed by atoms with Crippen LogP contribution < -0.4 is 0 Å². The fourth-order valence-corrected chi connectivity index (χ4v) is 1.77. The summed E-state index contributed by atoms with van der Waals surface area (Å²) < 4.78 is 7.26. The van der Waals surface area contributed by atoms with E-state index in [0.29, 0.717) is 0 Å². The molecule has 1 aliphatic rings. The maximum absolute atomic E-state index is 9.07. The van der Waals surface area contributed by atoms with Crippen molar-refractivity contribution in [3.8, 4) is 0 Å².